The van der Waals surface area contributed by atoms with Crippen molar-refractivity contribution in [3.8, 4) is 0 Å². The Labute approximate surface area is 75.7 Å². The fraction of sp³-hybridized carbons (Fsp3) is 0.200. The van der Waals surface area contributed by atoms with Crippen LogP contribution in [0.2, 0.25) is 0 Å². The molecule has 1 aromatic carbocycles. The van der Waals surface area contributed by atoms with Crippen LogP contribution < -0.4 is 0 Å². The number of hydrogen-bond acceptors (Lipinski definition) is 2. The molecule has 0 amide bonds. The number of carboxylic acids is 1. The SMILES string of the molecule is CC1(C(=O)O)C=Nc2ccccc21. The first kappa shape index (κ1) is 7.98. The average Bonchev–Trinajstić information content (AvgIpc) is 2.47. The molecule has 3 heteroatoms. The molecule has 13 heavy (non-hydrogen) atoms. The Hall–Kier alpha value is -1.64. The van der Waals surface area contributed by atoms with Gasteiger partial charge in [0.1, 0.15) is 5.41 Å². The van der Waals surface area contributed by atoms with Crippen LogP contribution in [0.5, 0.6) is 0 Å². The van der Waals surface area contributed by atoms with Crippen LogP contribution in [-0.4, -0.2) is 17.3 Å². The maximum Gasteiger partial charge on any atom is 0.319 e. The van der Waals surface area contributed by atoms with Gasteiger partial charge >= 0.3 is 5.97 Å². The van der Waals surface area contributed by atoms with Gasteiger partial charge in [0, 0.05) is 11.8 Å². The molecule has 0 aromatic heterocycles. The number of fused-ring (bicyclic) bond motifs is 1. The van der Waals surface area contributed by atoms with Crippen molar-refractivity contribution in [2.24, 2.45) is 4.99 Å². The normalized spacial score (nSPS) is 24.4. The highest BCUT2D eigenvalue weighted by atomic mass is 16.4. The first-order valence-electron chi connectivity index (χ1n) is 4.03. The highest BCUT2D eigenvalue weighted by Crippen LogP contribution is 2.36. The van der Waals surface area contributed by atoms with Gasteiger partial charge in [-0.2, -0.15) is 0 Å². The van der Waals surface area contributed by atoms with E-state index in [1.54, 1.807) is 13.0 Å². The van der Waals surface area contributed by atoms with E-state index in [1.165, 1.54) is 6.21 Å². The monoisotopic (exact) mass is 175 g/mol. The average molecular weight is 175 g/mol. The summed E-state index contributed by atoms with van der Waals surface area (Å²) in [6.07, 6.45) is 1.49. The van der Waals surface area contributed by atoms with Crippen molar-refractivity contribution in [3.63, 3.8) is 0 Å². The molecular formula is C10H9NO2. The molecule has 66 valence electrons. The fourth-order valence-electron chi connectivity index (χ4n) is 1.46. The van der Waals surface area contributed by atoms with Gasteiger partial charge in [0.2, 0.25) is 0 Å². The summed E-state index contributed by atoms with van der Waals surface area (Å²) in [5, 5.41) is 9.03. The van der Waals surface area contributed by atoms with Crippen molar-refractivity contribution >= 4 is 17.9 Å². The van der Waals surface area contributed by atoms with Crippen LogP contribution in [0.1, 0.15) is 12.5 Å². The molecule has 1 unspecified atom stereocenters. The summed E-state index contributed by atoms with van der Waals surface area (Å²) in [4.78, 5) is 15.1. The van der Waals surface area contributed by atoms with Crippen molar-refractivity contribution in [1.82, 2.24) is 0 Å². The van der Waals surface area contributed by atoms with Crippen LogP contribution in [0, 0.1) is 0 Å². The van der Waals surface area contributed by atoms with Crippen LogP contribution in [-0.2, 0) is 10.2 Å². The number of aliphatic imine (C=N–C) groups is 1. The summed E-state index contributed by atoms with van der Waals surface area (Å²) < 4.78 is 0. The first-order chi connectivity index (χ1) is 6.14. The van der Waals surface area contributed by atoms with Crippen LogP contribution in [0.15, 0.2) is 29.3 Å². The van der Waals surface area contributed by atoms with Gasteiger partial charge in [-0.15, -0.1) is 0 Å². The number of hydrogen-bond donors (Lipinski definition) is 1. The Kier molecular flexibility index (Phi) is 1.49. The number of carboxylic acid groups (broad SMARTS) is 1. The number of rotatable bonds is 1. The van der Waals surface area contributed by atoms with Gasteiger partial charge in [0.05, 0.1) is 5.69 Å². The molecule has 3 nitrogen and oxygen atoms in total. The molecule has 0 saturated carbocycles. The number of carbonyl (C=O) groups is 1. The van der Waals surface area contributed by atoms with E-state index in [9.17, 15) is 4.79 Å². The highest BCUT2D eigenvalue weighted by molar-refractivity contribution is 6.05. The lowest BCUT2D eigenvalue weighted by Gasteiger charge is -2.15. The van der Waals surface area contributed by atoms with Gasteiger partial charge in [-0.25, -0.2) is 0 Å². The van der Waals surface area contributed by atoms with Crippen molar-refractivity contribution < 1.29 is 9.90 Å². The third-order valence-corrected chi connectivity index (χ3v) is 2.37. The highest BCUT2D eigenvalue weighted by Gasteiger charge is 2.38. The van der Waals surface area contributed by atoms with Crippen LogP contribution in [0.3, 0.4) is 0 Å². The minimum absolute atomic E-state index is 0.757. The van der Waals surface area contributed by atoms with E-state index in [1.807, 2.05) is 18.2 Å². The third-order valence-electron chi connectivity index (χ3n) is 2.37. The third kappa shape index (κ3) is 0.967. The molecular weight excluding hydrogens is 166 g/mol. The molecule has 1 aromatic rings. The quantitative estimate of drug-likeness (QED) is 0.706. The Morgan fingerprint density at radius 2 is 2.15 bits per heavy atom. The zero-order chi connectivity index (χ0) is 9.47. The lowest BCUT2D eigenvalue weighted by Crippen LogP contribution is -2.31. The van der Waals surface area contributed by atoms with E-state index >= 15 is 0 Å². The molecule has 0 fully saturated rings. The van der Waals surface area contributed by atoms with E-state index in [4.69, 9.17) is 5.11 Å². The van der Waals surface area contributed by atoms with Gasteiger partial charge in [0.15, 0.2) is 0 Å². The number of aliphatic carboxylic acids is 1. The van der Waals surface area contributed by atoms with E-state index in [0.717, 1.165) is 11.3 Å². The maximum absolute atomic E-state index is 11.0. The van der Waals surface area contributed by atoms with Crippen molar-refractivity contribution in [1.29, 1.82) is 0 Å². The molecule has 0 spiro atoms. The Morgan fingerprint density at radius 3 is 2.85 bits per heavy atom. The van der Waals surface area contributed by atoms with Crippen LogP contribution in [0.4, 0.5) is 5.69 Å². The maximum atomic E-state index is 11.0. The van der Waals surface area contributed by atoms with Crippen molar-refractivity contribution in [2.75, 3.05) is 0 Å². The molecule has 1 heterocycles. The van der Waals surface area contributed by atoms with E-state index in [-0.39, 0.29) is 0 Å². The predicted molar refractivity (Wildman–Crippen MR) is 49.6 cm³/mol. The molecule has 1 atom stereocenters. The van der Waals surface area contributed by atoms with Gasteiger partial charge in [-0.3, -0.25) is 9.79 Å². The van der Waals surface area contributed by atoms with E-state index < -0.39 is 11.4 Å². The predicted octanol–water partition coefficient (Wildman–Crippen LogP) is 1.74. The first-order valence-corrected chi connectivity index (χ1v) is 4.03. The molecule has 0 bridgehead atoms. The van der Waals surface area contributed by atoms with Crippen molar-refractivity contribution in [3.05, 3.63) is 29.8 Å². The molecule has 1 aliphatic rings. The Bertz CT molecular complexity index is 398. The summed E-state index contributed by atoms with van der Waals surface area (Å²) in [5.74, 6) is -0.860. The summed E-state index contributed by atoms with van der Waals surface area (Å²) in [7, 11) is 0. The number of nitrogens with zero attached hydrogens (tertiary/aromatic N) is 1. The van der Waals surface area contributed by atoms with Gasteiger partial charge in [-0.05, 0) is 13.0 Å². The fourth-order valence-corrected chi connectivity index (χ4v) is 1.46. The van der Waals surface area contributed by atoms with Crippen LogP contribution in [0.25, 0.3) is 0 Å². The smallest absolute Gasteiger partial charge is 0.319 e. The van der Waals surface area contributed by atoms with Crippen LogP contribution >= 0.6 is 0 Å². The summed E-state index contributed by atoms with van der Waals surface area (Å²) in [5.41, 5.74) is 0.575. The van der Waals surface area contributed by atoms with E-state index in [0.29, 0.717) is 0 Å². The molecule has 1 aliphatic heterocycles. The standard InChI is InChI=1S/C10H9NO2/c1-10(9(12)13)6-11-8-5-3-2-4-7(8)10/h2-6H,1H3,(H,12,13). The summed E-state index contributed by atoms with van der Waals surface area (Å²) >= 11 is 0. The minimum atomic E-state index is -0.948. The second kappa shape index (κ2) is 2.42. The lowest BCUT2D eigenvalue weighted by molar-refractivity contribution is -0.140. The number of para-hydroxylation sites is 1. The largest absolute Gasteiger partial charge is 0.480 e. The second-order valence-corrected chi connectivity index (χ2v) is 3.28. The molecule has 0 saturated heterocycles. The molecule has 1 N–H and O–H groups in total. The van der Waals surface area contributed by atoms with Crippen molar-refractivity contribution in [2.45, 2.75) is 12.3 Å². The molecule has 0 radical (unpaired) electrons. The zero-order valence-electron chi connectivity index (χ0n) is 7.19. The Balaban J connectivity index is 2.61. The van der Waals surface area contributed by atoms with Gasteiger partial charge in [-0.1, -0.05) is 18.2 Å². The Morgan fingerprint density at radius 1 is 1.46 bits per heavy atom. The second-order valence-electron chi connectivity index (χ2n) is 3.28. The lowest BCUT2D eigenvalue weighted by atomic mass is 9.85. The molecule has 0 aliphatic carbocycles. The zero-order valence-corrected chi connectivity index (χ0v) is 7.19. The minimum Gasteiger partial charge on any atom is -0.480 e. The molecule has 2 rings (SSSR count). The van der Waals surface area contributed by atoms with E-state index in [2.05, 4.69) is 4.99 Å². The summed E-state index contributed by atoms with van der Waals surface area (Å²) in [6, 6.07) is 7.30. The topological polar surface area (TPSA) is 49.7 Å². The summed E-state index contributed by atoms with van der Waals surface area (Å²) in [6.45, 7) is 1.66. The van der Waals surface area contributed by atoms with Gasteiger partial charge in [0.25, 0.3) is 0 Å². The number of benzene rings is 1. The van der Waals surface area contributed by atoms with Gasteiger partial charge < -0.3 is 5.11 Å².